The minimum absolute atomic E-state index is 0.114. The number of benzene rings is 3. The predicted octanol–water partition coefficient (Wildman–Crippen LogP) is 6.84. The first-order chi connectivity index (χ1) is 12.0. The Kier molecular flexibility index (Phi) is 5.44. The molecule has 0 aliphatic heterocycles. The van der Waals surface area contributed by atoms with Crippen LogP contribution in [-0.4, -0.2) is 0 Å². The first kappa shape index (κ1) is 17.6. The zero-order valence-electron chi connectivity index (χ0n) is 13.7. The van der Waals surface area contributed by atoms with Crippen LogP contribution in [0.5, 0.6) is 0 Å². The van der Waals surface area contributed by atoms with Gasteiger partial charge in [0, 0.05) is 10.4 Å². The standard InChI is InChI=1S/C22H17BrF2/c1-15-2-4-18(5-3-15)22(23)14-21(16-6-10-19(24)11-7-16)17-8-12-20(25)13-9-17/h2-14,21H,1H3/b22-14-. The third-order valence-electron chi connectivity index (χ3n) is 4.10. The molecule has 0 aliphatic carbocycles. The van der Waals surface area contributed by atoms with Crippen molar-refractivity contribution < 1.29 is 8.78 Å². The maximum atomic E-state index is 13.3. The highest BCUT2D eigenvalue weighted by Crippen LogP contribution is 2.32. The third kappa shape index (κ3) is 4.43. The Balaban J connectivity index is 2.03. The van der Waals surface area contributed by atoms with E-state index in [9.17, 15) is 8.78 Å². The molecular weight excluding hydrogens is 382 g/mol. The average molecular weight is 399 g/mol. The second-order valence-corrected chi connectivity index (χ2v) is 6.82. The summed E-state index contributed by atoms with van der Waals surface area (Å²) in [5.41, 5.74) is 4.13. The SMILES string of the molecule is Cc1ccc(/C(Br)=C/C(c2ccc(F)cc2)c2ccc(F)cc2)cc1. The van der Waals surface area contributed by atoms with Gasteiger partial charge in [0.05, 0.1) is 0 Å². The highest BCUT2D eigenvalue weighted by Gasteiger charge is 2.13. The zero-order valence-corrected chi connectivity index (χ0v) is 15.3. The molecular formula is C22H17BrF2. The molecule has 3 heteroatoms. The first-order valence-corrected chi connectivity index (χ1v) is 8.77. The molecule has 3 aromatic carbocycles. The summed E-state index contributed by atoms with van der Waals surface area (Å²) >= 11 is 3.65. The van der Waals surface area contributed by atoms with Gasteiger partial charge in [-0.25, -0.2) is 8.78 Å². The molecule has 126 valence electrons. The molecule has 0 spiro atoms. The average Bonchev–Trinajstić information content (AvgIpc) is 2.62. The molecule has 0 aliphatic rings. The van der Waals surface area contributed by atoms with Crippen LogP contribution < -0.4 is 0 Å². The number of hydrogen-bond acceptors (Lipinski definition) is 0. The Hall–Kier alpha value is -2.26. The number of halogens is 3. The van der Waals surface area contributed by atoms with Gasteiger partial charge in [0.25, 0.3) is 0 Å². The summed E-state index contributed by atoms with van der Waals surface area (Å²) in [6, 6.07) is 21.0. The molecule has 0 saturated heterocycles. The second kappa shape index (κ2) is 7.75. The fourth-order valence-corrected chi connectivity index (χ4v) is 3.21. The molecule has 0 bridgehead atoms. The van der Waals surface area contributed by atoms with Gasteiger partial charge in [-0.05, 0) is 47.9 Å². The maximum absolute atomic E-state index is 13.3. The molecule has 0 saturated carbocycles. The van der Waals surface area contributed by atoms with Crippen LogP contribution in [-0.2, 0) is 0 Å². The van der Waals surface area contributed by atoms with E-state index in [4.69, 9.17) is 0 Å². The van der Waals surface area contributed by atoms with E-state index in [0.29, 0.717) is 0 Å². The minimum Gasteiger partial charge on any atom is -0.207 e. The molecule has 0 heterocycles. The monoisotopic (exact) mass is 398 g/mol. The van der Waals surface area contributed by atoms with Crippen LogP contribution in [0.15, 0.2) is 78.9 Å². The van der Waals surface area contributed by atoms with E-state index >= 15 is 0 Å². The van der Waals surface area contributed by atoms with Crippen molar-refractivity contribution in [2.45, 2.75) is 12.8 Å². The lowest BCUT2D eigenvalue weighted by atomic mass is 9.90. The molecule has 0 radical (unpaired) electrons. The number of allylic oxidation sites excluding steroid dienone is 1. The highest BCUT2D eigenvalue weighted by molar-refractivity contribution is 9.15. The van der Waals surface area contributed by atoms with Crippen molar-refractivity contribution in [1.29, 1.82) is 0 Å². The number of aryl methyl sites for hydroxylation is 1. The topological polar surface area (TPSA) is 0 Å². The molecule has 0 N–H and O–H groups in total. The van der Waals surface area contributed by atoms with Crippen LogP contribution in [0.1, 0.15) is 28.2 Å². The molecule has 0 atom stereocenters. The second-order valence-electron chi connectivity index (χ2n) is 5.96. The van der Waals surface area contributed by atoms with Crippen LogP contribution in [0.25, 0.3) is 4.48 Å². The van der Waals surface area contributed by atoms with Crippen molar-refractivity contribution >= 4 is 20.4 Å². The fraction of sp³-hybridized carbons (Fsp3) is 0.0909. The van der Waals surface area contributed by atoms with E-state index in [1.54, 1.807) is 24.3 Å². The molecule has 0 nitrogen and oxygen atoms in total. The Morgan fingerprint density at radius 2 is 1.20 bits per heavy atom. The molecule has 0 amide bonds. The smallest absolute Gasteiger partial charge is 0.123 e. The Labute approximate surface area is 155 Å². The van der Waals surface area contributed by atoms with Gasteiger partial charge < -0.3 is 0 Å². The van der Waals surface area contributed by atoms with Crippen molar-refractivity contribution in [2.75, 3.05) is 0 Å². The van der Waals surface area contributed by atoms with Crippen molar-refractivity contribution in [1.82, 2.24) is 0 Å². The Morgan fingerprint density at radius 1 is 0.760 bits per heavy atom. The third-order valence-corrected chi connectivity index (χ3v) is 4.82. The molecule has 0 fully saturated rings. The quantitative estimate of drug-likeness (QED) is 0.451. The van der Waals surface area contributed by atoms with Crippen LogP contribution in [0.3, 0.4) is 0 Å². The fourth-order valence-electron chi connectivity index (χ4n) is 2.68. The van der Waals surface area contributed by atoms with Crippen molar-refractivity contribution in [3.05, 3.63) is 113 Å². The minimum atomic E-state index is -0.275. The van der Waals surface area contributed by atoms with Crippen LogP contribution in [0, 0.1) is 18.6 Å². The highest BCUT2D eigenvalue weighted by atomic mass is 79.9. The van der Waals surface area contributed by atoms with E-state index in [-0.39, 0.29) is 17.6 Å². The van der Waals surface area contributed by atoms with E-state index in [1.807, 2.05) is 19.1 Å². The zero-order chi connectivity index (χ0) is 17.8. The summed E-state index contributed by atoms with van der Waals surface area (Å²) in [7, 11) is 0. The summed E-state index contributed by atoms with van der Waals surface area (Å²) in [5, 5.41) is 0. The van der Waals surface area contributed by atoms with Crippen LogP contribution in [0.4, 0.5) is 8.78 Å². The van der Waals surface area contributed by atoms with Crippen molar-refractivity contribution in [3.8, 4) is 0 Å². The summed E-state index contributed by atoms with van der Waals surface area (Å²) in [6.45, 7) is 2.04. The lowest BCUT2D eigenvalue weighted by Crippen LogP contribution is -1.99. The van der Waals surface area contributed by atoms with E-state index < -0.39 is 0 Å². The first-order valence-electron chi connectivity index (χ1n) is 7.98. The van der Waals surface area contributed by atoms with E-state index in [1.165, 1.54) is 29.8 Å². The molecule has 0 unspecified atom stereocenters. The molecule has 3 rings (SSSR count). The van der Waals surface area contributed by atoms with Gasteiger partial charge in [-0.15, -0.1) is 0 Å². The molecule has 3 aromatic rings. The van der Waals surface area contributed by atoms with Crippen molar-refractivity contribution in [2.24, 2.45) is 0 Å². The van der Waals surface area contributed by atoms with Crippen molar-refractivity contribution in [3.63, 3.8) is 0 Å². The number of hydrogen-bond donors (Lipinski definition) is 0. The summed E-state index contributed by atoms with van der Waals surface area (Å²) in [5.74, 6) is -0.664. The molecule has 0 aromatic heterocycles. The lowest BCUT2D eigenvalue weighted by Gasteiger charge is -2.15. The van der Waals surface area contributed by atoms with E-state index in [0.717, 1.165) is 21.2 Å². The van der Waals surface area contributed by atoms with E-state index in [2.05, 4.69) is 34.1 Å². The van der Waals surface area contributed by atoms with Gasteiger partial charge in [-0.2, -0.15) is 0 Å². The van der Waals surface area contributed by atoms with Gasteiger partial charge in [-0.1, -0.05) is 76.1 Å². The largest absolute Gasteiger partial charge is 0.207 e. The summed E-state index contributed by atoms with van der Waals surface area (Å²) in [6.07, 6.45) is 2.06. The van der Waals surface area contributed by atoms with Gasteiger partial charge >= 0.3 is 0 Å². The summed E-state index contributed by atoms with van der Waals surface area (Å²) < 4.78 is 27.5. The normalized spacial score (nSPS) is 11.8. The predicted molar refractivity (Wildman–Crippen MR) is 103 cm³/mol. The summed E-state index contributed by atoms with van der Waals surface area (Å²) in [4.78, 5) is 0. The van der Waals surface area contributed by atoms with Gasteiger partial charge in [0.1, 0.15) is 11.6 Å². The van der Waals surface area contributed by atoms with Crippen LogP contribution in [0.2, 0.25) is 0 Å². The van der Waals surface area contributed by atoms with Gasteiger partial charge in [0.15, 0.2) is 0 Å². The van der Waals surface area contributed by atoms with Crippen LogP contribution >= 0.6 is 15.9 Å². The lowest BCUT2D eigenvalue weighted by molar-refractivity contribution is 0.626. The van der Waals surface area contributed by atoms with Gasteiger partial charge in [0.2, 0.25) is 0 Å². The Bertz CT molecular complexity index is 818. The maximum Gasteiger partial charge on any atom is 0.123 e. The van der Waals surface area contributed by atoms with Gasteiger partial charge in [-0.3, -0.25) is 0 Å². The Morgan fingerprint density at radius 3 is 1.64 bits per heavy atom. The number of rotatable bonds is 4. The molecule has 25 heavy (non-hydrogen) atoms.